The zero-order chi connectivity index (χ0) is 14.2. The van der Waals surface area contributed by atoms with Gasteiger partial charge in [-0.25, -0.2) is 4.79 Å². The first-order valence-electron chi connectivity index (χ1n) is 5.36. The zero-order valence-electron chi connectivity index (χ0n) is 9.55. The summed E-state index contributed by atoms with van der Waals surface area (Å²) in [6.45, 7) is -0.0818. The summed E-state index contributed by atoms with van der Waals surface area (Å²) >= 11 is 0.686. The molecule has 1 aliphatic heterocycles. The molecule has 0 spiro atoms. The Morgan fingerprint density at radius 2 is 2.16 bits per heavy atom. The number of amides is 1. The number of likely N-dealkylation sites (tertiary alicyclic amines) is 1. The standard InChI is InChI=1S/C10H10N2O6S/c13-5-3-6(10(15)16)11(4-5)9(14)7-1-2-8(19-7)12(17)18/h1-2,5-6,13H,3-4H2,(H,15,16)/t5?,6-/m0/s1. The SMILES string of the molecule is O=C(O)[C@@H]1CC(O)CN1C(=O)c1ccc([N+](=O)[O-])s1. The number of carboxylic acid groups (broad SMARTS) is 1. The Bertz CT molecular complexity index is 542. The van der Waals surface area contributed by atoms with E-state index >= 15 is 0 Å². The third-order valence-electron chi connectivity index (χ3n) is 2.81. The lowest BCUT2D eigenvalue weighted by Gasteiger charge is -2.19. The van der Waals surface area contributed by atoms with Gasteiger partial charge in [0.1, 0.15) is 6.04 Å². The van der Waals surface area contributed by atoms with Gasteiger partial charge in [0.15, 0.2) is 0 Å². The van der Waals surface area contributed by atoms with E-state index in [1.165, 1.54) is 12.1 Å². The highest BCUT2D eigenvalue weighted by Crippen LogP contribution is 2.28. The van der Waals surface area contributed by atoms with E-state index in [1.807, 2.05) is 0 Å². The Labute approximate surface area is 111 Å². The molecule has 0 aromatic carbocycles. The van der Waals surface area contributed by atoms with Gasteiger partial charge in [0, 0.05) is 19.0 Å². The molecule has 1 aromatic rings. The van der Waals surface area contributed by atoms with Crippen LogP contribution in [0.1, 0.15) is 16.1 Å². The number of carbonyl (C=O) groups is 2. The van der Waals surface area contributed by atoms with E-state index in [4.69, 9.17) is 5.11 Å². The average Bonchev–Trinajstić information content (AvgIpc) is 2.94. The maximum atomic E-state index is 12.1. The van der Waals surface area contributed by atoms with Crippen molar-refractivity contribution in [3.63, 3.8) is 0 Å². The second-order valence-electron chi connectivity index (χ2n) is 4.10. The lowest BCUT2D eigenvalue weighted by Crippen LogP contribution is -2.40. The summed E-state index contributed by atoms with van der Waals surface area (Å²) in [7, 11) is 0. The number of aliphatic hydroxyl groups excluding tert-OH is 1. The number of nitro groups is 1. The zero-order valence-corrected chi connectivity index (χ0v) is 10.4. The van der Waals surface area contributed by atoms with Crippen molar-refractivity contribution >= 4 is 28.2 Å². The van der Waals surface area contributed by atoms with Crippen LogP contribution in [0.5, 0.6) is 0 Å². The molecule has 102 valence electrons. The number of nitrogens with zero attached hydrogens (tertiary/aromatic N) is 2. The van der Waals surface area contributed by atoms with Gasteiger partial charge in [-0.15, -0.1) is 0 Å². The van der Waals surface area contributed by atoms with Crippen molar-refractivity contribution in [1.82, 2.24) is 4.90 Å². The highest BCUT2D eigenvalue weighted by Gasteiger charge is 2.39. The molecule has 1 saturated heterocycles. The van der Waals surface area contributed by atoms with Crippen molar-refractivity contribution < 1.29 is 24.7 Å². The topological polar surface area (TPSA) is 121 Å². The molecule has 2 N–H and O–H groups in total. The van der Waals surface area contributed by atoms with Gasteiger partial charge in [0.25, 0.3) is 5.91 Å². The number of hydrogen-bond acceptors (Lipinski definition) is 6. The molecule has 1 amide bonds. The smallest absolute Gasteiger partial charge is 0.326 e. The van der Waals surface area contributed by atoms with Crippen molar-refractivity contribution in [2.75, 3.05) is 6.54 Å². The molecule has 2 rings (SSSR count). The largest absolute Gasteiger partial charge is 0.480 e. The van der Waals surface area contributed by atoms with E-state index in [1.54, 1.807) is 0 Å². The Morgan fingerprint density at radius 1 is 1.47 bits per heavy atom. The van der Waals surface area contributed by atoms with Crippen LogP contribution in [-0.4, -0.2) is 50.6 Å². The number of thiophene rings is 1. The number of carbonyl (C=O) groups excluding carboxylic acids is 1. The quantitative estimate of drug-likeness (QED) is 0.609. The van der Waals surface area contributed by atoms with Crippen LogP contribution in [0.3, 0.4) is 0 Å². The van der Waals surface area contributed by atoms with Crippen molar-refractivity contribution in [1.29, 1.82) is 0 Å². The van der Waals surface area contributed by atoms with Gasteiger partial charge in [-0.1, -0.05) is 11.3 Å². The fourth-order valence-electron chi connectivity index (χ4n) is 1.95. The van der Waals surface area contributed by atoms with E-state index in [9.17, 15) is 24.8 Å². The average molecular weight is 286 g/mol. The second-order valence-corrected chi connectivity index (χ2v) is 5.16. The Hall–Kier alpha value is -2.00. The molecule has 2 atom stereocenters. The first-order chi connectivity index (χ1) is 8.90. The number of aliphatic hydroxyl groups is 1. The number of aliphatic carboxylic acids is 1. The minimum Gasteiger partial charge on any atom is -0.480 e. The number of β-amino-alcohol motifs (C(OH)–C–C–N with tert-alkyl or cyclic N) is 1. The van der Waals surface area contributed by atoms with Crippen LogP contribution in [-0.2, 0) is 4.79 Å². The third kappa shape index (κ3) is 2.56. The van der Waals surface area contributed by atoms with Crippen molar-refractivity contribution in [3.05, 3.63) is 27.1 Å². The first kappa shape index (κ1) is 13.4. The highest BCUT2D eigenvalue weighted by atomic mass is 32.1. The fraction of sp³-hybridized carbons (Fsp3) is 0.400. The summed E-state index contributed by atoms with van der Waals surface area (Å²) in [6.07, 6.45) is -0.922. The molecule has 0 saturated carbocycles. The van der Waals surface area contributed by atoms with Gasteiger partial charge < -0.3 is 15.1 Å². The summed E-state index contributed by atoms with van der Waals surface area (Å²) in [4.78, 5) is 34.1. The summed E-state index contributed by atoms with van der Waals surface area (Å²) < 4.78 is 0. The predicted octanol–water partition coefficient (Wildman–Crippen LogP) is 0.316. The van der Waals surface area contributed by atoms with Crippen LogP contribution in [0.15, 0.2) is 12.1 Å². The van der Waals surface area contributed by atoms with E-state index in [-0.39, 0.29) is 22.8 Å². The van der Waals surface area contributed by atoms with Crippen LogP contribution >= 0.6 is 11.3 Å². The second kappa shape index (κ2) is 4.94. The van der Waals surface area contributed by atoms with Gasteiger partial charge in [-0.2, -0.15) is 0 Å². The Balaban J connectivity index is 2.22. The van der Waals surface area contributed by atoms with Gasteiger partial charge in [-0.05, 0) is 6.07 Å². The molecule has 1 unspecified atom stereocenters. The minimum absolute atomic E-state index is 0.0332. The lowest BCUT2D eigenvalue weighted by atomic mass is 10.2. The van der Waals surface area contributed by atoms with Crippen LogP contribution < -0.4 is 0 Å². The maximum Gasteiger partial charge on any atom is 0.326 e. The summed E-state index contributed by atoms with van der Waals surface area (Å²) in [5.74, 6) is -1.81. The van der Waals surface area contributed by atoms with Gasteiger partial charge in [0.2, 0.25) is 0 Å². The van der Waals surface area contributed by atoms with Crippen LogP contribution in [0, 0.1) is 10.1 Å². The highest BCUT2D eigenvalue weighted by molar-refractivity contribution is 7.17. The molecule has 0 aliphatic carbocycles. The Kier molecular flexibility index (Phi) is 3.49. The predicted molar refractivity (Wildman–Crippen MR) is 64.1 cm³/mol. The third-order valence-corrected chi connectivity index (χ3v) is 3.83. The molecule has 1 aliphatic rings. The normalized spacial score (nSPS) is 22.5. The van der Waals surface area contributed by atoms with Gasteiger partial charge in [-0.3, -0.25) is 14.9 Å². The van der Waals surface area contributed by atoms with E-state index < -0.39 is 28.9 Å². The monoisotopic (exact) mass is 286 g/mol. The number of carboxylic acids is 1. The molecule has 19 heavy (non-hydrogen) atoms. The molecular formula is C10H10N2O6S. The minimum atomic E-state index is -1.20. The molecule has 1 aromatic heterocycles. The number of rotatable bonds is 3. The summed E-state index contributed by atoms with van der Waals surface area (Å²) in [5, 5.41) is 28.8. The molecule has 0 bridgehead atoms. The maximum absolute atomic E-state index is 12.1. The molecule has 2 heterocycles. The molecule has 9 heteroatoms. The van der Waals surface area contributed by atoms with E-state index in [2.05, 4.69) is 0 Å². The van der Waals surface area contributed by atoms with Crippen LogP contribution in [0.25, 0.3) is 0 Å². The first-order valence-corrected chi connectivity index (χ1v) is 6.18. The van der Waals surface area contributed by atoms with Gasteiger partial charge in [0.05, 0.1) is 15.9 Å². The van der Waals surface area contributed by atoms with Crippen molar-refractivity contribution in [2.24, 2.45) is 0 Å². The van der Waals surface area contributed by atoms with Gasteiger partial charge >= 0.3 is 11.0 Å². The molecule has 0 radical (unpaired) electrons. The fourth-order valence-corrected chi connectivity index (χ4v) is 2.73. The van der Waals surface area contributed by atoms with Crippen molar-refractivity contribution in [2.45, 2.75) is 18.6 Å². The van der Waals surface area contributed by atoms with E-state index in [0.29, 0.717) is 11.3 Å². The molecule has 1 fully saturated rings. The molecular weight excluding hydrogens is 276 g/mol. The summed E-state index contributed by atoms with van der Waals surface area (Å²) in [5.41, 5.74) is 0. The van der Waals surface area contributed by atoms with Crippen LogP contribution in [0.4, 0.5) is 5.00 Å². The van der Waals surface area contributed by atoms with Crippen molar-refractivity contribution in [3.8, 4) is 0 Å². The summed E-state index contributed by atoms with van der Waals surface area (Å²) in [6, 6.07) is 1.39. The Morgan fingerprint density at radius 3 is 2.68 bits per heavy atom. The molecule has 8 nitrogen and oxygen atoms in total. The number of hydrogen-bond donors (Lipinski definition) is 2. The van der Waals surface area contributed by atoms with Crippen LogP contribution in [0.2, 0.25) is 0 Å². The van der Waals surface area contributed by atoms with E-state index in [0.717, 1.165) is 4.90 Å². The lowest BCUT2D eigenvalue weighted by molar-refractivity contribution is -0.380.